The predicted octanol–water partition coefficient (Wildman–Crippen LogP) is 2.01. The van der Waals surface area contributed by atoms with E-state index in [1.165, 1.54) is 0 Å². The number of nitrogens with one attached hydrogen (secondary N) is 1. The van der Waals surface area contributed by atoms with E-state index in [1.807, 2.05) is 13.0 Å². The lowest BCUT2D eigenvalue weighted by Gasteiger charge is -1.89. The molecule has 0 unspecified atom stereocenters. The number of hydrogen-bond donors (Lipinski definition) is 1. The first-order valence-corrected chi connectivity index (χ1v) is 4.03. The molecule has 3 aromatic heterocycles. The summed E-state index contributed by atoms with van der Waals surface area (Å²) in [7, 11) is 0. The molecule has 64 valence electrons. The van der Waals surface area contributed by atoms with E-state index in [0.29, 0.717) is 0 Å². The SMILES string of the molecule is Cc1[nH]oc2cnc3nccc3c12. The molecule has 3 aromatic rings. The maximum atomic E-state index is 5.21. The fourth-order valence-corrected chi connectivity index (χ4v) is 1.59. The predicted molar refractivity (Wildman–Crippen MR) is 48.4 cm³/mol. The number of nitrogens with zero attached hydrogens (tertiary/aromatic N) is 2. The molecule has 0 saturated carbocycles. The molecule has 0 spiro atoms. The summed E-state index contributed by atoms with van der Waals surface area (Å²) in [5.74, 6) is 0. The van der Waals surface area contributed by atoms with Crippen molar-refractivity contribution < 1.29 is 4.52 Å². The van der Waals surface area contributed by atoms with Crippen LogP contribution in [0.25, 0.3) is 22.0 Å². The fraction of sp³-hybridized carbons (Fsp3) is 0.111. The summed E-state index contributed by atoms with van der Waals surface area (Å²) in [6.07, 6.45) is 3.44. The lowest BCUT2D eigenvalue weighted by Crippen LogP contribution is -1.76. The molecule has 4 heteroatoms. The van der Waals surface area contributed by atoms with Crippen molar-refractivity contribution >= 4 is 22.0 Å². The van der Waals surface area contributed by atoms with Gasteiger partial charge in [-0.3, -0.25) is 0 Å². The van der Waals surface area contributed by atoms with E-state index in [2.05, 4.69) is 15.1 Å². The minimum absolute atomic E-state index is 0.769. The number of hydrogen-bond acceptors (Lipinski definition) is 3. The first kappa shape index (κ1) is 6.65. The Morgan fingerprint density at radius 3 is 3.23 bits per heavy atom. The molecule has 0 bridgehead atoms. The number of aryl methyl sites for hydroxylation is 1. The van der Waals surface area contributed by atoms with Crippen molar-refractivity contribution in [2.24, 2.45) is 0 Å². The molecule has 4 nitrogen and oxygen atoms in total. The molecule has 3 heterocycles. The highest BCUT2D eigenvalue weighted by molar-refractivity contribution is 6.03. The average Bonchev–Trinajstić information content (AvgIpc) is 2.70. The van der Waals surface area contributed by atoms with Crippen LogP contribution < -0.4 is 0 Å². The van der Waals surface area contributed by atoms with Gasteiger partial charge in [0.2, 0.25) is 0 Å². The minimum Gasteiger partial charge on any atom is -0.380 e. The molecule has 0 aliphatic rings. The van der Waals surface area contributed by atoms with Gasteiger partial charge in [-0.05, 0) is 13.0 Å². The highest BCUT2D eigenvalue weighted by Crippen LogP contribution is 2.24. The van der Waals surface area contributed by atoms with Crippen LogP contribution in [-0.2, 0) is 0 Å². The van der Waals surface area contributed by atoms with Gasteiger partial charge >= 0.3 is 0 Å². The molecular weight excluding hydrogens is 166 g/mol. The van der Waals surface area contributed by atoms with Gasteiger partial charge in [0.15, 0.2) is 11.2 Å². The van der Waals surface area contributed by atoms with Crippen molar-refractivity contribution in [3.8, 4) is 0 Å². The monoisotopic (exact) mass is 173 g/mol. The van der Waals surface area contributed by atoms with Crippen LogP contribution in [0.4, 0.5) is 0 Å². The molecule has 3 rings (SSSR count). The Hall–Kier alpha value is -1.84. The zero-order chi connectivity index (χ0) is 8.84. The molecule has 0 aliphatic heterocycles. The van der Waals surface area contributed by atoms with Crippen molar-refractivity contribution in [2.45, 2.75) is 6.92 Å². The van der Waals surface area contributed by atoms with Gasteiger partial charge < -0.3 is 4.52 Å². The number of pyridine rings is 1. The summed E-state index contributed by atoms with van der Waals surface area (Å²) in [6, 6.07) is 1.95. The number of aromatic nitrogens is 3. The van der Waals surface area contributed by atoms with Gasteiger partial charge in [0, 0.05) is 11.6 Å². The molecule has 0 radical (unpaired) electrons. The van der Waals surface area contributed by atoms with Crippen LogP contribution in [0.3, 0.4) is 0 Å². The molecular formula is C9H7N3O. The molecule has 0 amide bonds. The van der Waals surface area contributed by atoms with Crippen LogP contribution >= 0.6 is 0 Å². The Kier molecular flexibility index (Phi) is 1.07. The van der Waals surface area contributed by atoms with Gasteiger partial charge in [0.25, 0.3) is 0 Å². The van der Waals surface area contributed by atoms with Gasteiger partial charge in [-0.25, -0.2) is 15.1 Å². The second-order valence-electron chi connectivity index (χ2n) is 3.01. The smallest absolute Gasteiger partial charge is 0.183 e. The van der Waals surface area contributed by atoms with Crippen LogP contribution in [0.15, 0.2) is 23.0 Å². The van der Waals surface area contributed by atoms with Crippen molar-refractivity contribution in [2.75, 3.05) is 0 Å². The first-order valence-electron chi connectivity index (χ1n) is 4.03. The molecule has 0 atom stereocenters. The van der Waals surface area contributed by atoms with Gasteiger partial charge in [-0.2, -0.15) is 0 Å². The Bertz CT molecular complexity index is 579. The first-order chi connectivity index (χ1) is 6.36. The summed E-state index contributed by atoms with van der Waals surface area (Å²) in [6.45, 7) is 1.97. The Labute approximate surface area is 73.6 Å². The lowest BCUT2D eigenvalue weighted by molar-refractivity contribution is 0.449. The Morgan fingerprint density at radius 1 is 1.38 bits per heavy atom. The third kappa shape index (κ3) is 0.744. The molecule has 13 heavy (non-hydrogen) atoms. The maximum Gasteiger partial charge on any atom is 0.183 e. The Morgan fingerprint density at radius 2 is 2.31 bits per heavy atom. The van der Waals surface area contributed by atoms with Gasteiger partial charge in [0.1, 0.15) is 0 Å². The third-order valence-corrected chi connectivity index (χ3v) is 2.19. The second-order valence-corrected chi connectivity index (χ2v) is 3.01. The van der Waals surface area contributed by atoms with Crippen LogP contribution in [0, 0.1) is 6.92 Å². The van der Waals surface area contributed by atoms with Crippen LogP contribution in [0.5, 0.6) is 0 Å². The van der Waals surface area contributed by atoms with Crippen LogP contribution in [0.1, 0.15) is 5.69 Å². The van der Waals surface area contributed by atoms with E-state index in [4.69, 9.17) is 4.52 Å². The summed E-state index contributed by atoms with van der Waals surface area (Å²) in [5, 5.41) is 4.93. The minimum atomic E-state index is 0.769. The largest absolute Gasteiger partial charge is 0.380 e. The Balaban J connectivity index is 2.70. The summed E-state index contributed by atoms with van der Waals surface area (Å²) >= 11 is 0. The number of H-pyrrole nitrogens is 1. The maximum absolute atomic E-state index is 5.21. The average molecular weight is 173 g/mol. The summed E-state index contributed by atoms with van der Waals surface area (Å²) in [4.78, 5) is 8.28. The highest BCUT2D eigenvalue weighted by Gasteiger charge is 2.08. The summed E-state index contributed by atoms with van der Waals surface area (Å²) in [5.41, 5.74) is 2.55. The van der Waals surface area contributed by atoms with Crippen molar-refractivity contribution in [1.82, 2.24) is 15.1 Å². The zero-order valence-electron chi connectivity index (χ0n) is 7.03. The molecule has 0 aliphatic carbocycles. The molecule has 0 fully saturated rings. The van der Waals surface area contributed by atoms with Crippen molar-refractivity contribution in [3.63, 3.8) is 0 Å². The van der Waals surface area contributed by atoms with E-state index >= 15 is 0 Å². The van der Waals surface area contributed by atoms with Crippen LogP contribution in [-0.4, -0.2) is 15.1 Å². The van der Waals surface area contributed by atoms with Crippen molar-refractivity contribution in [1.29, 1.82) is 0 Å². The molecule has 1 N–H and O–H groups in total. The quantitative estimate of drug-likeness (QED) is 0.565. The van der Waals surface area contributed by atoms with Gasteiger partial charge in [-0.1, -0.05) is 0 Å². The van der Waals surface area contributed by atoms with E-state index in [0.717, 1.165) is 27.7 Å². The lowest BCUT2D eigenvalue weighted by atomic mass is 10.2. The topological polar surface area (TPSA) is 54.7 Å². The number of rotatable bonds is 0. The third-order valence-electron chi connectivity index (χ3n) is 2.19. The normalized spacial score (nSPS) is 11.5. The van der Waals surface area contributed by atoms with Gasteiger partial charge in [0.05, 0.1) is 17.3 Å². The standard InChI is InChI=1S/C9H7N3O/c1-5-8-6-2-3-10-9(6)11-4-7(8)13-12-5/h2-4,12H,1H3. The number of fused-ring (bicyclic) bond motifs is 3. The van der Waals surface area contributed by atoms with Crippen molar-refractivity contribution in [3.05, 3.63) is 24.2 Å². The highest BCUT2D eigenvalue weighted by atomic mass is 16.5. The van der Waals surface area contributed by atoms with E-state index in [9.17, 15) is 0 Å². The van der Waals surface area contributed by atoms with E-state index in [-0.39, 0.29) is 0 Å². The van der Waals surface area contributed by atoms with Crippen LogP contribution in [0.2, 0.25) is 0 Å². The van der Waals surface area contributed by atoms with E-state index < -0.39 is 0 Å². The summed E-state index contributed by atoms with van der Waals surface area (Å²) < 4.78 is 5.21. The zero-order valence-corrected chi connectivity index (χ0v) is 7.03. The fourth-order valence-electron chi connectivity index (χ4n) is 1.59. The number of aromatic amines is 1. The van der Waals surface area contributed by atoms with E-state index in [1.54, 1.807) is 12.4 Å². The molecule has 0 aromatic carbocycles. The molecule has 0 saturated heterocycles. The second kappa shape index (κ2) is 2.10. The van der Waals surface area contributed by atoms with Gasteiger partial charge in [-0.15, -0.1) is 0 Å².